The van der Waals surface area contributed by atoms with E-state index in [0.717, 1.165) is 44.9 Å². The van der Waals surface area contributed by atoms with Gasteiger partial charge in [0.05, 0.1) is 39.9 Å². The lowest BCUT2D eigenvalue weighted by Gasteiger charge is -2.25. The van der Waals surface area contributed by atoms with Crippen LogP contribution >= 0.6 is 7.82 Å². The summed E-state index contributed by atoms with van der Waals surface area (Å²) in [4.78, 5) is 23.2. The number of phosphoric acid groups is 1. The van der Waals surface area contributed by atoms with Crippen molar-refractivity contribution in [2.45, 2.75) is 244 Å². The molecule has 0 aromatic rings. The van der Waals surface area contributed by atoms with Gasteiger partial charge in [0.15, 0.2) is 0 Å². The van der Waals surface area contributed by atoms with Crippen LogP contribution < -0.4 is 5.32 Å². The van der Waals surface area contributed by atoms with E-state index < -0.39 is 20.0 Å². The number of hydrogen-bond donors (Lipinski definition) is 3. The molecule has 1 amide bonds. The Morgan fingerprint density at radius 1 is 0.532 bits per heavy atom. The predicted octanol–water partition coefficient (Wildman–Crippen LogP) is 15.2. The first-order valence-electron chi connectivity index (χ1n) is 26.0. The van der Waals surface area contributed by atoms with Gasteiger partial charge in [-0.15, -0.1) is 0 Å². The highest BCUT2D eigenvalue weighted by Gasteiger charge is 2.27. The smallest absolute Gasteiger partial charge is 0.387 e. The Morgan fingerprint density at radius 3 is 1.29 bits per heavy atom. The summed E-state index contributed by atoms with van der Waals surface area (Å²) in [6, 6.07) is -0.870. The number of hydrogen-bond acceptors (Lipinski definition) is 5. The van der Waals surface area contributed by atoms with E-state index in [0.29, 0.717) is 17.4 Å². The van der Waals surface area contributed by atoms with E-state index in [4.69, 9.17) is 9.05 Å². The number of aliphatic hydroxyl groups excluding tert-OH is 1. The number of unbranched alkanes of at least 4 members (excludes halogenated alkanes) is 28. The molecule has 0 aromatic heterocycles. The zero-order chi connectivity index (χ0) is 45.7. The van der Waals surface area contributed by atoms with E-state index in [1.807, 2.05) is 27.2 Å². The maximum Gasteiger partial charge on any atom is 0.472 e. The van der Waals surface area contributed by atoms with Crippen molar-refractivity contribution >= 4 is 13.7 Å². The minimum absolute atomic E-state index is 0.0529. The molecule has 0 heterocycles. The first kappa shape index (κ1) is 60.5. The van der Waals surface area contributed by atoms with E-state index >= 15 is 0 Å². The van der Waals surface area contributed by atoms with E-state index in [9.17, 15) is 19.4 Å². The standard InChI is InChI=1S/C53H101N2O6P/c1-6-8-10-12-14-16-18-20-22-24-25-26-27-28-29-31-33-35-37-39-41-43-45-47-53(57)54-51(50-61-62(58,59)60-49-48-55(3,4)5)52(56)46-44-42-40-38-36-34-32-30-23-21-19-17-15-13-11-9-7-2/h23-25,30,36,38,44,46,51-52,56H,6-22,26-29,31-35,37,39-43,45,47-50H2,1-5H3,(H-,54,57,58,59)/p+1/b25-24-,30-23+,38-36+,46-44+. The third kappa shape index (κ3) is 46.5. The molecule has 0 bridgehead atoms. The highest BCUT2D eigenvalue weighted by molar-refractivity contribution is 7.47. The Balaban J connectivity index is 4.33. The highest BCUT2D eigenvalue weighted by atomic mass is 31.2. The quantitative estimate of drug-likeness (QED) is 0.0243. The molecule has 62 heavy (non-hydrogen) atoms. The summed E-state index contributed by atoms with van der Waals surface area (Å²) < 4.78 is 23.6. The number of carbonyl (C=O) groups excluding carboxylic acids is 1. The normalized spacial score (nSPS) is 14.5. The molecule has 0 saturated carbocycles. The second-order valence-electron chi connectivity index (χ2n) is 18.9. The topological polar surface area (TPSA) is 105 Å². The van der Waals surface area contributed by atoms with E-state index in [1.54, 1.807) is 6.08 Å². The van der Waals surface area contributed by atoms with Crippen LogP contribution in [0.2, 0.25) is 0 Å². The summed E-state index contributed by atoms with van der Waals surface area (Å²) in [5.74, 6) is -0.192. The van der Waals surface area contributed by atoms with Crippen LogP contribution in [-0.4, -0.2) is 73.4 Å². The summed E-state index contributed by atoms with van der Waals surface area (Å²) in [6.07, 6.45) is 57.7. The Morgan fingerprint density at radius 2 is 0.887 bits per heavy atom. The largest absolute Gasteiger partial charge is 0.472 e. The molecule has 0 fully saturated rings. The number of likely N-dealkylation sites (N-methyl/N-ethyl adjacent to an activating group) is 1. The van der Waals surface area contributed by atoms with Crippen molar-refractivity contribution in [3.63, 3.8) is 0 Å². The van der Waals surface area contributed by atoms with Gasteiger partial charge in [-0.05, 0) is 70.6 Å². The fourth-order valence-electron chi connectivity index (χ4n) is 7.36. The summed E-state index contributed by atoms with van der Waals surface area (Å²) >= 11 is 0. The molecular formula is C53H102N2O6P+. The molecule has 0 saturated heterocycles. The molecule has 8 nitrogen and oxygen atoms in total. The highest BCUT2D eigenvalue weighted by Crippen LogP contribution is 2.43. The van der Waals surface area contributed by atoms with Gasteiger partial charge in [0, 0.05) is 6.42 Å². The number of amides is 1. The molecule has 0 aromatic carbocycles. The van der Waals surface area contributed by atoms with Crippen LogP contribution in [0.25, 0.3) is 0 Å². The average molecular weight is 894 g/mol. The molecular weight excluding hydrogens is 792 g/mol. The molecule has 3 atom stereocenters. The zero-order valence-corrected chi connectivity index (χ0v) is 42.3. The zero-order valence-electron chi connectivity index (χ0n) is 41.4. The first-order chi connectivity index (χ1) is 30.0. The van der Waals surface area contributed by atoms with E-state index in [1.165, 1.54) is 167 Å². The van der Waals surface area contributed by atoms with Crippen LogP contribution in [0.5, 0.6) is 0 Å². The molecule has 0 aliphatic carbocycles. The number of phosphoric ester groups is 1. The van der Waals surface area contributed by atoms with Crippen LogP contribution in [0, 0.1) is 0 Å². The molecule has 0 aliphatic rings. The molecule has 0 radical (unpaired) electrons. The summed E-state index contributed by atoms with van der Waals surface area (Å²) in [5, 5.41) is 13.9. The van der Waals surface area contributed by atoms with Gasteiger partial charge in [-0.2, -0.15) is 0 Å². The maximum absolute atomic E-state index is 12.9. The molecule has 3 N–H and O–H groups in total. The second kappa shape index (κ2) is 44.7. The van der Waals surface area contributed by atoms with Gasteiger partial charge >= 0.3 is 7.82 Å². The summed E-state index contributed by atoms with van der Waals surface area (Å²) in [7, 11) is 1.55. The van der Waals surface area contributed by atoms with Gasteiger partial charge in [0.2, 0.25) is 5.91 Å². The molecule has 0 rings (SSSR count). The predicted molar refractivity (Wildman–Crippen MR) is 267 cm³/mol. The summed E-state index contributed by atoms with van der Waals surface area (Å²) in [6.45, 7) is 4.79. The third-order valence-electron chi connectivity index (χ3n) is 11.5. The van der Waals surface area contributed by atoms with Crippen LogP contribution in [0.1, 0.15) is 232 Å². The first-order valence-corrected chi connectivity index (χ1v) is 27.5. The van der Waals surface area contributed by atoms with Gasteiger partial charge < -0.3 is 19.8 Å². The Bertz CT molecular complexity index is 1150. The van der Waals surface area contributed by atoms with E-state index in [2.05, 4.69) is 55.6 Å². The number of rotatable bonds is 47. The molecule has 3 unspecified atom stereocenters. The lowest BCUT2D eigenvalue weighted by Crippen LogP contribution is -2.45. The third-order valence-corrected chi connectivity index (χ3v) is 12.5. The Kier molecular flexibility index (Phi) is 43.5. The van der Waals surface area contributed by atoms with Crippen LogP contribution in [0.3, 0.4) is 0 Å². The lowest BCUT2D eigenvalue weighted by atomic mass is 10.0. The minimum Gasteiger partial charge on any atom is -0.387 e. The second-order valence-corrected chi connectivity index (χ2v) is 20.3. The fraction of sp³-hybridized carbons (Fsp3) is 0.830. The van der Waals surface area contributed by atoms with Crippen molar-refractivity contribution in [3.05, 3.63) is 48.6 Å². The van der Waals surface area contributed by atoms with Gasteiger partial charge in [0.1, 0.15) is 13.2 Å². The van der Waals surface area contributed by atoms with Crippen LogP contribution in [0.4, 0.5) is 0 Å². The average Bonchev–Trinajstić information content (AvgIpc) is 3.23. The van der Waals surface area contributed by atoms with Crippen molar-refractivity contribution < 1.29 is 32.9 Å². The van der Waals surface area contributed by atoms with Crippen molar-refractivity contribution in [3.8, 4) is 0 Å². The van der Waals surface area contributed by atoms with Crippen LogP contribution in [-0.2, 0) is 18.4 Å². The Labute approximate surface area is 384 Å². The van der Waals surface area contributed by atoms with Crippen molar-refractivity contribution in [1.29, 1.82) is 0 Å². The van der Waals surface area contributed by atoms with Crippen molar-refractivity contribution in [2.75, 3.05) is 40.9 Å². The number of allylic oxidation sites excluding steroid dienone is 7. The van der Waals surface area contributed by atoms with Gasteiger partial charge in [-0.25, -0.2) is 4.57 Å². The monoisotopic (exact) mass is 894 g/mol. The number of aliphatic hydroxyl groups is 1. The van der Waals surface area contributed by atoms with Crippen LogP contribution in [0.15, 0.2) is 48.6 Å². The number of nitrogens with one attached hydrogen (secondary N) is 1. The van der Waals surface area contributed by atoms with Gasteiger partial charge in [0.25, 0.3) is 0 Å². The Hall–Kier alpha value is -1.54. The summed E-state index contributed by atoms with van der Waals surface area (Å²) in [5.41, 5.74) is 0. The van der Waals surface area contributed by atoms with Crippen molar-refractivity contribution in [1.82, 2.24) is 5.32 Å². The van der Waals surface area contributed by atoms with Gasteiger partial charge in [-0.3, -0.25) is 13.8 Å². The molecule has 0 aliphatic heterocycles. The minimum atomic E-state index is -4.35. The fourth-order valence-corrected chi connectivity index (χ4v) is 8.10. The molecule has 0 spiro atoms. The maximum atomic E-state index is 12.9. The van der Waals surface area contributed by atoms with Crippen molar-refractivity contribution in [2.24, 2.45) is 0 Å². The SMILES string of the molecule is CCCCCCCCC/C=C/CC/C=C/CC/C=C/C(O)C(COP(=O)(O)OCC[N+](C)(C)C)NC(=O)CCCCCCCCCCCCC/C=C\CCCCCCCCCC. The lowest BCUT2D eigenvalue weighted by molar-refractivity contribution is -0.870. The number of quaternary nitrogens is 1. The van der Waals surface area contributed by atoms with Gasteiger partial charge in [-0.1, -0.05) is 204 Å². The number of carbonyl (C=O) groups is 1. The number of nitrogens with zero attached hydrogens (tertiary/aromatic N) is 1. The molecule has 364 valence electrons. The van der Waals surface area contributed by atoms with E-state index in [-0.39, 0.29) is 19.1 Å². The molecule has 9 heteroatoms.